The second-order valence-electron chi connectivity index (χ2n) is 0.711. The maximum absolute atomic E-state index is 9.99. The molecule has 7 heavy (non-hydrogen) atoms. The number of halogens is 1. The lowest BCUT2D eigenvalue weighted by Gasteiger charge is -1.80. The Morgan fingerprint density at radius 1 is 1.86 bits per heavy atom. The molecule has 0 aliphatic carbocycles. The molecule has 0 unspecified atom stereocenters. The molecule has 0 rings (SSSR count). The van der Waals surface area contributed by atoms with Crippen molar-refractivity contribution in [2.45, 2.75) is 0 Å². The highest BCUT2D eigenvalue weighted by atomic mass is 79.9. The summed E-state index contributed by atoms with van der Waals surface area (Å²) < 4.78 is 4.15. The second-order valence-corrected chi connectivity index (χ2v) is 1.11. The van der Waals surface area contributed by atoms with Crippen LogP contribution >= 0.6 is 15.9 Å². The summed E-state index contributed by atoms with van der Waals surface area (Å²) in [4.78, 5) is 12.2. The van der Waals surface area contributed by atoms with E-state index >= 15 is 0 Å². The van der Waals surface area contributed by atoms with E-state index in [9.17, 15) is 4.79 Å². The molecule has 3 heteroatoms. The molecular weight excluding hydrogens is 160 g/mol. The van der Waals surface area contributed by atoms with Gasteiger partial charge in [0.2, 0.25) is 0 Å². The summed E-state index contributed by atoms with van der Waals surface area (Å²) in [6, 6.07) is 0. The molecule has 0 N–H and O–H groups in total. The summed E-state index contributed by atoms with van der Waals surface area (Å²) in [5, 5.41) is 0. The fourth-order valence-electron chi connectivity index (χ4n) is 0.0896. The first kappa shape index (κ1) is 6.51. The van der Waals surface area contributed by atoms with Crippen molar-refractivity contribution in [2.24, 2.45) is 0 Å². The number of rotatable bonds is 0. The monoisotopic (exact) mass is 162 g/mol. The van der Waals surface area contributed by atoms with Gasteiger partial charge >= 0.3 is 5.97 Å². The first-order valence-corrected chi connectivity index (χ1v) is 2.30. The second kappa shape index (κ2) is 3.69. The van der Waals surface area contributed by atoms with Gasteiger partial charge in [-0.1, -0.05) is 0 Å². The zero-order valence-electron chi connectivity index (χ0n) is 3.69. The van der Waals surface area contributed by atoms with Gasteiger partial charge in [0.15, 0.2) is 0 Å². The molecule has 0 aromatic rings. The van der Waals surface area contributed by atoms with Gasteiger partial charge in [-0.2, -0.15) is 0 Å². The molecule has 0 amide bonds. The average Bonchev–Trinajstić information content (AvgIpc) is 1.68. The Morgan fingerprint density at radius 2 is 2.43 bits per heavy atom. The molecule has 0 saturated heterocycles. The van der Waals surface area contributed by atoms with Crippen molar-refractivity contribution in [2.75, 3.05) is 7.11 Å². The fourth-order valence-corrected chi connectivity index (χ4v) is 0.251. The van der Waals surface area contributed by atoms with Crippen molar-refractivity contribution in [3.63, 3.8) is 0 Å². The topological polar surface area (TPSA) is 26.3 Å². The molecule has 0 heterocycles. The molecule has 0 aromatic heterocycles. The van der Waals surface area contributed by atoms with E-state index < -0.39 is 5.97 Å². The molecular formula is C4H3BrO2. The SMILES string of the molecule is COC(=O)C#CBr. The van der Waals surface area contributed by atoms with E-state index in [2.05, 4.69) is 31.4 Å². The molecule has 0 saturated carbocycles. The van der Waals surface area contributed by atoms with Crippen LogP contribution in [0.25, 0.3) is 0 Å². The van der Waals surface area contributed by atoms with Crippen LogP contribution in [0.15, 0.2) is 0 Å². The Hall–Kier alpha value is -0.490. The van der Waals surface area contributed by atoms with Gasteiger partial charge < -0.3 is 4.74 Å². The van der Waals surface area contributed by atoms with Crippen LogP contribution in [0.1, 0.15) is 0 Å². The lowest BCUT2D eigenvalue weighted by atomic mass is 10.7. The number of hydrogen-bond acceptors (Lipinski definition) is 2. The highest BCUT2D eigenvalue weighted by molar-refractivity contribution is 9.12. The third-order valence-corrected chi connectivity index (χ3v) is 0.533. The minimum Gasteiger partial charge on any atom is -0.459 e. The fraction of sp³-hybridized carbons (Fsp3) is 0.250. The van der Waals surface area contributed by atoms with E-state index in [0.717, 1.165) is 0 Å². The van der Waals surface area contributed by atoms with E-state index in [4.69, 9.17) is 0 Å². The van der Waals surface area contributed by atoms with Crippen molar-refractivity contribution < 1.29 is 9.53 Å². The maximum Gasteiger partial charge on any atom is 0.384 e. The molecule has 0 aromatic carbocycles. The summed E-state index contributed by atoms with van der Waals surface area (Å²) in [6.45, 7) is 0. The number of carbonyl (C=O) groups excluding carboxylic acids is 1. The van der Waals surface area contributed by atoms with Gasteiger partial charge in [0.1, 0.15) is 0 Å². The summed E-state index contributed by atoms with van der Waals surface area (Å²) in [5.74, 6) is 1.57. The summed E-state index contributed by atoms with van der Waals surface area (Å²) >= 11 is 2.73. The minimum absolute atomic E-state index is 0.531. The number of carbonyl (C=O) groups is 1. The molecule has 0 aliphatic heterocycles. The van der Waals surface area contributed by atoms with E-state index in [-0.39, 0.29) is 0 Å². The van der Waals surface area contributed by atoms with Crippen LogP contribution in [0.2, 0.25) is 0 Å². The molecule has 2 nitrogen and oxygen atoms in total. The van der Waals surface area contributed by atoms with Crippen LogP contribution in [0.5, 0.6) is 0 Å². The third kappa shape index (κ3) is 3.34. The Morgan fingerprint density at radius 3 is 2.57 bits per heavy atom. The van der Waals surface area contributed by atoms with E-state index in [1.165, 1.54) is 7.11 Å². The normalized spacial score (nSPS) is 6.00. The van der Waals surface area contributed by atoms with Crippen molar-refractivity contribution in [1.29, 1.82) is 0 Å². The lowest BCUT2D eigenvalue weighted by molar-refractivity contribution is -0.133. The van der Waals surface area contributed by atoms with Crippen LogP contribution < -0.4 is 0 Å². The Balaban J connectivity index is 3.52. The summed E-state index contributed by atoms with van der Waals surface area (Å²) in [7, 11) is 1.28. The highest BCUT2D eigenvalue weighted by Gasteiger charge is 1.85. The first-order chi connectivity index (χ1) is 3.31. The summed E-state index contributed by atoms with van der Waals surface area (Å²) in [5.41, 5.74) is 0. The number of esters is 1. The van der Waals surface area contributed by atoms with Gasteiger partial charge in [-0.25, -0.2) is 4.79 Å². The van der Waals surface area contributed by atoms with Crippen molar-refractivity contribution in [3.8, 4) is 10.8 Å². The van der Waals surface area contributed by atoms with Crippen molar-refractivity contribution in [1.82, 2.24) is 0 Å². The molecule has 0 radical (unpaired) electrons. The van der Waals surface area contributed by atoms with E-state index in [1.807, 2.05) is 0 Å². The van der Waals surface area contributed by atoms with Gasteiger partial charge in [0.05, 0.1) is 7.11 Å². The first-order valence-electron chi connectivity index (χ1n) is 1.51. The lowest BCUT2D eigenvalue weighted by Crippen LogP contribution is -1.93. The number of methoxy groups -OCH3 is 1. The standard InChI is InChI=1S/C4H3BrO2/c1-7-4(6)2-3-5/h1H3. The van der Waals surface area contributed by atoms with Crippen molar-refractivity contribution in [3.05, 3.63) is 0 Å². The van der Waals surface area contributed by atoms with E-state index in [1.54, 1.807) is 0 Å². The molecule has 0 fully saturated rings. The van der Waals surface area contributed by atoms with Crippen LogP contribution in [0.3, 0.4) is 0 Å². The van der Waals surface area contributed by atoms with Crippen LogP contribution in [-0.4, -0.2) is 13.1 Å². The van der Waals surface area contributed by atoms with Crippen LogP contribution in [0, 0.1) is 10.8 Å². The quantitative estimate of drug-likeness (QED) is 0.384. The molecule has 0 aliphatic rings. The van der Waals surface area contributed by atoms with Crippen LogP contribution in [-0.2, 0) is 9.53 Å². The van der Waals surface area contributed by atoms with Gasteiger partial charge in [-0.3, -0.25) is 0 Å². The third-order valence-electron chi connectivity index (χ3n) is 0.335. The van der Waals surface area contributed by atoms with Crippen LogP contribution in [0.4, 0.5) is 0 Å². The predicted molar refractivity (Wildman–Crippen MR) is 28.7 cm³/mol. The zero-order valence-corrected chi connectivity index (χ0v) is 5.28. The highest BCUT2D eigenvalue weighted by Crippen LogP contribution is 1.71. The summed E-state index contributed by atoms with van der Waals surface area (Å²) in [6.07, 6.45) is 0. The molecule has 0 spiro atoms. The largest absolute Gasteiger partial charge is 0.459 e. The number of hydrogen-bond donors (Lipinski definition) is 0. The van der Waals surface area contributed by atoms with Gasteiger partial charge in [0.25, 0.3) is 0 Å². The molecule has 0 atom stereocenters. The minimum atomic E-state index is -0.531. The van der Waals surface area contributed by atoms with Gasteiger partial charge in [-0.05, 0) is 4.83 Å². The zero-order chi connectivity index (χ0) is 5.70. The Kier molecular flexibility index (Phi) is 3.43. The Labute approximate surface area is 50.0 Å². The Bertz CT molecular complexity index is 119. The van der Waals surface area contributed by atoms with Crippen molar-refractivity contribution >= 4 is 21.9 Å². The van der Waals surface area contributed by atoms with E-state index in [0.29, 0.717) is 0 Å². The smallest absolute Gasteiger partial charge is 0.384 e. The maximum atomic E-state index is 9.99. The van der Waals surface area contributed by atoms with Gasteiger partial charge in [0, 0.05) is 21.9 Å². The average molecular weight is 163 g/mol. The predicted octanol–water partition coefficient (Wildman–Crippen LogP) is 0.515. The number of ether oxygens (including phenoxy) is 1. The molecule has 38 valence electrons. The molecule has 0 bridgehead atoms. The van der Waals surface area contributed by atoms with Gasteiger partial charge in [-0.15, -0.1) is 0 Å².